The second-order valence-corrected chi connectivity index (χ2v) is 3.18. The van der Waals surface area contributed by atoms with Gasteiger partial charge < -0.3 is 5.11 Å². The number of nitrogens with zero attached hydrogens (tertiary/aromatic N) is 2. The van der Waals surface area contributed by atoms with Crippen molar-refractivity contribution >= 4 is 17.6 Å². The van der Waals surface area contributed by atoms with Gasteiger partial charge in [-0.3, -0.25) is 0 Å². The number of nitrogens with one attached hydrogen (secondary N) is 1. The van der Waals surface area contributed by atoms with Gasteiger partial charge in [0.1, 0.15) is 6.07 Å². The van der Waals surface area contributed by atoms with Gasteiger partial charge in [-0.1, -0.05) is 23.7 Å². The Morgan fingerprint density at radius 1 is 1.53 bits per heavy atom. The number of aliphatic carboxylic acids is 1. The van der Waals surface area contributed by atoms with Crippen molar-refractivity contribution in [3.63, 3.8) is 0 Å². The van der Waals surface area contributed by atoms with Crippen LogP contribution >= 0.6 is 11.6 Å². The molecular formula is C9H6ClN3O2. The molecule has 0 aromatic heterocycles. The summed E-state index contributed by atoms with van der Waals surface area (Å²) in [5.74, 6) is -1.48. The summed E-state index contributed by atoms with van der Waals surface area (Å²) in [4.78, 5) is 10.9. The van der Waals surface area contributed by atoms with E-state index in [-0.39, 0.29) is 5.56 Å². The molecule has 0 saturated heterocycles. The third-order valence-electron chi connectivity index (χ3n) is 1.90. The number of hydrogen-bond donors (Lipinski definition) is 2. The Labute approximate surface area is 90.4 Å². The molecule has 1 atom stereocenters. The van der Waals surface area contributed by atoms with E-state index < -0.39 is 11.5 Å². The lowest BCUT2D eigenvalue weighted by Gasteiger charge is -2.14. The first-order chi connectivity index (χ1) is 7.06. The Morgan fingerprint density at radius 2 is 2.07 bits per heavy atom. The van der Waals surface area contributed by atoms with Gasteiger partial charge in [0.2, 0.25) is 0 Å². The average Bonchev–Trinajstić information content (AvgIpc) is 2.22. The minimum Gasteiger partial charge on any atom is -0.478 e. The normalized spacial score (nSPS) is 13.6. The minimum absolute atomic E-state index is 0.108. The Balaban J connectivity index is 3.34. The molecule has 0 bridgehead atoms. The van der Waals surface area contributed by atoms with Crippen LogP contribution in [0.1, 0.15) is 5.56 Å². The fourth-order valence-electron chi connectivity index (χ4n) is 1.06. The van der Waals surface area contributed by atoms with Crippen molar-refractivity contribution in [2.45, 2.75) is 5.54 Å². The monoisotopic (exact) mass is 223 g/mol. The van der Waals surface area contributed by atoms with E-state index in [0.717, 1.165) is 0 Å². The lowest BCUT2D eigenvalue weighted by Crippen LogP contribution is -2.31. The quantitative estimate of drug-likeness (QED) is 0.769. The summed E-state index contributed by atoms with van der Waals surface area (Å²) >= 11 is 5.62. The number of carbonyl (C=O) groups is 1. The molecule has 0 fully saturated rings. The van der Waals surface area contributed by atoms with Crippen LogP contribution in [-0.4, -0.2) is 11.1 Å². The molecule has 15 heavy (non-hydrogen) atoms. The summed E-state index contributed by atoms with van der Waals surface area (Å²) in [6.45, 7) is 0. The maximum Gasteiger partial charge on any atom is 0.353 e. The molecule has 1 aromatic rings. The van der Waals surface area contributed by atoms with Crippen molar-refractivity contribution in [1.29, 1.82) is 10.8 Å². The van der Waals surface area contributed by atoms with Crippen LogP contribution in [0.2, 0.25) is 5.02 Å². The predicted octanol–water partition coefficient (Wildman–Crippen LogP) is 2.17. The van der Waals surface area contributed by atoms with Crippen LogP contribution in [0.5, 0.6) is 0 Å². The topological polar surface area (TPSA) is 97.3 Å². The molecule has 76 valence electrons. The molecule has 0 aliphatic carbocycles. The molecule has 0 aliphatic heterocycles. The molecular weight excluding hydrogens is 218 g/mol. The lowest BCUT2D eigenvalue weighted by molar-refractivity contribution is -0.141. The summed E-state index contributed by atoms with van der Waals surface area (Å²) in [6, 6.07) is 7.10. The van der Waals surface area contributed by atoms with Crippen LogP contribution in [-0.2, 0) is 10.3 Å². The number of hydrogen-bond acceptors (Lipinski definition) is 4. The maximum atomic E-state index is 10.9. The Hall–Kier alpha value is -1.93. The second-order valence-electron chi connectivity index (χ2n) is 2.75. The molecule has 1 rings (SSSR count). The summed E-state index contributed by atoms with van der Waals surface area (Å²) in [7, 11) is 0. The molecule has 0 radical (unpaired) electrons. The van der Waals surface area contributed by atoms with Gasteiger partial charge in [-0.05, 0) is 12.1 Å². The number of benzene rings is 1. The maximum absolute atomic E-state index is 10.9. The van der Waals surface area contributed by atoms with Crippen LogP contribution in [0.15, 0.2) is 29.4 Å². The first kappa shape index (κ1) is 11.1. The van der Waals surface area contributed by atoms with Crippen LogP contribution < -0.4 is 0 Å². The Morgan fingerprint density at radius 3 is 2.40 bits per heavy atom. The van der Waals surface area contributed by atoms with Crippen molar-refractivity contribution in [2.24, 2.45) is 5.11 Å². The van der Waals surface area contributed by atoms with Crippen LogP contribution in [0.3, 0.4) is 0 Å². The Bertz CT molecular complexity index is 438. The Kier molecular flexibility index (Phi) is 3.02. The van der Waals surface area contributed by atoms with Gasteiger partial charge in [0, 0.05) is 10.6 Å². The lowest BCUT2D eigenvalue weighted by atomic mass is 9.93. The van der Waals surface area contributed by atoms with E-state index in [1.165, 1.54) is 30.3 Å². The van der Waals surface area contributed by atoms with Crippen molar-refractivity contribution < 1.29 is 9.90 Å². The first-order valence-corrected chi connectivity index (χ1v) is 4.24. The zero-order valence-corrected chi connectivity index (χ0v) is 8.19. The van der Waals surface area contributed by atoms with E-state index in [9.17, 15) is 4.79 Å². The van der Waals surface area contributed by atoms with Crippen molar-refractivity contribution in [1.82, 2.24) is 0 Å². The highest BCUT2D eigenvalue weighted by Gasteiger charge is 2.41. The molecule has 2 N–H and O–H groups in total. The minimum atomic E-state index is -2.18. The van der Waals surface area contributed by atoms with Gasteiger partial charge in [-0.15, -0.1) is 0 Å². The van der Waals surface area contributed by atoms with Crippen LogP contribution in [0.4, 0.5) is 0 Å². The number of carboxylic acid groups (broad SMARTS) is 1. The zero-order chi connectivity index (χ0) is 11.5. The van der Waals surface area contributed by atoms with E-state index in [0.29, 0.717) is 5.02 Å². The molecule has 1 aromatic carbocycles. The molecule has 0 spiro atoms. The summed E-state index contributed by atoms with van der Waals surface area (Å²) < 4.78 is 0. The first-order valence-electron chi connectivity index (χ1n) is 3.86. The third-order valence-corrected chi connectivity index (χ3v) is 2.15. The van der Waals surface area contributed by atoms with E-state index >= 15 is 0 Å². The highest BCUT2D eigenvalue weighted by Crippen LogP contribution is 2.26. The van der Waals surface area contributed by atoms with Gasteiger partial charge in [-0.2, -0.15) is 10.4 Å². The smallest absolute Gasteiger partial charge is 0.353 e. The summed E-state index contributed by atoms with van der Waals surface area (Å²) in [5.41, 5.74) is 4.75. The van der Waals surface area contributed by atoms with Gasteiger partial charge in [0.15, 0.2) is 0 Å². The molecule has 5 nitrogen and oxygen atoms in total. The highest BCUT2D eigenvalue weighted by atomic mass is 35.5. The predicted molar refractivity (Wildman–Crippen MR) is 51.5 cm³/mol. The number of rotatable bonds is 3. The molecule has 0 heterocycles. The second kappa shape index (κ2) is 4.07. The highest BCUT2D eigenvalue weighted by molar-refractivity contribution is 6.30. The van der Waals surface area contributed by atoms with E-state index in [1.54, 1.807) is 0 Å². The largest absolute Gasteiger partial charge is 0.478 e. The van der Waals surface area contributed by atoms with Gasteiger partial charge in [0.05, 0.1) is 0 Å². The zero-order valence-electron chi connectivity index (χ0n) is 7.44. The van der Waals surface area contributed by atoms with E-state index in [1.807, 2.05) is 0 Å². The molecule has 0 amide bonds. The number of nitriles is 1. The standard InChI is InChI=1S/C9H6ClN3O2/c10-7-3-1-6(2-4-7)9(5-11,13-12)8(14)15/h1-4,12H,(H,14,15). The van der Waals surface area contributed by atoms with Gasteiger partial charge >= 0.3 is 5.97 Å². The SMILES string of the molecule is N#CC(N=N)(C(=O)O)c1ccc(Cl)cc1. The summed E-state index contributed by atoms with van der Waals surface area (Å²) in [5, 5.41) is 21.0. The van der Waals surface area contributed by atoms with Crippen molar-refractivity contribution in [3.8, 4) is 6.07 Å². The molecule has 0 saturated carbocycles. The fourth-order valence-corrected chi connectivity index (χ4v) is 1.19. The van der Waals surface area contributed by atoms with Crippen molar-refractivity contribution in [2.75, 3.05) is 0 Å². The molecule has 1 unspecified atom stereocenters. The number of halogens is 1. The van der Waals surface area contributed by atoms with Crippen LogP contribution in [0, 0.1) is 16.9 Å². The van der Waals surface area contributed by atoms with Gasteiger partial charge in [0.25, 0.3) is 5.54 Å². The number of carboxylic acids is 1. The van der Waals surface area contributed by atoms with E-state index in [4.69, 9.17) is 27.5 Å². The van der Waals surface area contributed by atoms with Gasteiger partial charge in [-0.25, -0.2) is 10.3 Å². The third kappa shape index (κ3) is 1.80. The van der Waals surface area contributed by atoms with Crippen LogP contribution in [0.25, 0.3) is 0 Å². The van der Waals surface area contributed by atoms with E-state index in [2.05, 4.69) is 5.11 Å². The average molecular weight is 224 g/mol. The fraction of sp³-hybridized carbons (Fsp3) is 0.111. The van der Waals surface area contributed by atoms with Crippen molar-refractivity contribution in [3.05, 3.63) is 34.9 Å². The molecule has 6 heteroatoms. The summed E-state index contributed by atoms with van der Waals surface area (Å²) in [6.07, 6.45) is 0. The molecule has 0 aliphatic rings.